The van der Waals surface area contributed by atoms with Crippen LogP contribution in [0.15, 0.2) is 77.7 Å². The molecule has 1 aromatic heterocycles. The van der Waals surface area contributed by atoms with Crippen LogP contribution in [0.2, 0.25) is 0 Å². The summed E-state index contributed by atoms with van der Waals surface area (Å²) in [7, 11) is 1.65. The van der Waals surface area contributed by atoms with Crippen molar-refractivity contribution in [3.8, 4) is 5.75 Å². The number of fused-ring (bicyclic) bond motifs is 1. The van der Waals surface area contributed by atoms with E-state index in [4.69, 9.17) is 9.72 Å². The fourth-order valence-electron chi connectivity index (χ4n) is 3.26. The number of methoxy groups -OCH3 is 1. The van der Waals surface area contributed by atoms with Crippen molar-refractivity contribution in [1.82, 2.24) is 4.98 Å². The van der Waals surface area contributed by atoms with Crippen molar-refractivity contribution in [2.24, 2.45) is 0 Å². The molecule has 0 bridgehead atoms. The third kappa shape index (κ3) is 5.09. The van der Waals surface area contributed by atoms with Crippen LogP contribution < -0.4 is 9.64 Å². The van der Waals surface area contributed by atoms with Crippen LogP contribution in [-0.4, -0.2) is 23.3 Å². The van der Waals surface area contributed by atoms with Crippen molar-refractivity contribution >= 4 is 44.4 Å². The summed E-state index contributed by atoms with van der Waals surface area (Å²) in [5.74, 6) is 0.725. The molecule has 0 radical (unpaired) electrons. The van der Waals surface area contributed by atoms with Crippen LogP contribution in [0.5, 0.6) is 5.75 Å². The second-order valence-electron chi connectivity index (χ2n) is 7.40. The van der Waals surface area contributed by atoms with Gasteiger partial charge in [-0.2, -0.15) is 0 Å². The summed E-state index contributed by atoms with van der Waals surface area (Å²) < 4.78 is 6.34. The number of rotatable bonds is 7. The molecule has 4 rings (SSSR count). The summed E-state index contributed by atoms with van der Waals surface area (Å²) in [6.45, 7) is 4.75. The first-order valence-electron chi connectivity index (χ1n) is 10.1. The third-order valence-corrected chi connectivity index (χ3v) is 6.74. The number of benzene rings is 3. The van der Waals surface area contributed by atoms with E-state index in [2.05, 4.69) is 13.8 Å². The number of hydrogen-bond donors (Lipinski definition) is 0. The van der Waals surface area contributed by atoms with E-state index in [0.29, 0.717) is 22.5 Å². The monoisotopic (exact) mass is 448 g/mol. The van der Waals surface area contributed by atoms with Crippen molar-refractivity contribution in [3.63, 3.8) is 0 Å². The molecule has 4 aromatic rings. The van der Waals surface area contributed by atoms with E-state index in [1.54, 1.807) is 23.8 Å². The molecule has 4 nitrogen and oxygen atoms in total. The van der Waals surface area contributed by atoms with E-state index in [-0.39, 0.29) is 5.91 Å². The maximum Gasteiger partial charge on any atom is 0.260 e. The summed E-state index contributed by atoms with van der Waals surface area (Å²) in [5.41, 5.74) is 2.58. The van der Waals surface area contributed by atoms with Crippen molar-refractivity contribution < 1.29 is 9.53 Å². The largest absolute Gasteiger partial charge is 0.497 e. The van der Waals surface area contributed by atoms with Crippen LogP contribution in [0.1, 0.15) is 29.8 Å². The van der Waals surface area contributed by atoms with Crippen molar-refractivity contribution in [1.29, 1.82) is 0 Å². The number of thiazole rings is 1. The fourth-order valence-corrected chi connectivity index (χ4v) is 5.15. The van der Waals surface area contributed by atoms with Gasteiger partial charge in [-0.05, 0) is 42.0 Å². The first kappa shape index (κ1) is 21.4. The molecule has 0 N–H and O–H groups in total. The van der Waals surface area contributed by atoms with Gasteiger partial charge >= 0.3 is 0 Å². The smallest absolute Gasteiger partial charge is 0.260 e. The minimum Gasteiger partial charge on any atom is -0.497 e. The van der Waals surface area contributed by atoms with Crippen LogP contribution in [0.4, 0.5) is 5.13 Å². The molecule has 0 saturated carbocycles. The predicted molar refractivity (Wildman–Crippen MR) is 131 cm³/mol. The Kier molecular flexibility index (Phi) is 6.59. The Bertz CT molecular complexity index is 1190. The van der Waals surface area contributed by atoms with E-state index in [9.17, 15) is 4.79 Å². The van der Waals surface area contributed by atoms with Crippen molar-refractivity contribution in [2.75, 3.05) is 12.0 Å². The number of carbonyl (C=O) groups is 1. The van der Waals surface area contributed by atoms with Gasteiger partial charge in [0.15, 0.2) is 5.13 Å². The average molecular weight is 449 g/mol. The van der Waals surface area contributed by atoms with Gasteiger partial charge in [0.2, 0.25) is 0 Å². The lowest BCUT2D eigenvalue weighted by Crippen LogP contribution is -2.30. The number of thioether (sulfide) groups is 1. The molecule has 0 aliphatic heterocycles. The maximum atomic E-state index is 13.6. The summed E-state index contributed by atoms with van der Waals surface area (Å²) >= 11 is 3.25. The van der Waals surface area contributed by atoms with Gasteiger partial charge < -0.3 is 4.74 Å². The lowest BCUT2D eigenvalue weighted by Gasteiger charge is -2.20. The Morgan fingerprint density at radius 2 is 1.87 bits per heavy atom. The number of carbonyl (C=O) groups excluding carboxylic acids is 1. The van der Waals surface area contributed by atoms with Crippen LogP contribution in [0.25, 0.3) is 10.2 Å². The maximum absolute atomic E-state index is 13.6. The Hall–Kier alpha value is -2.83. The standard InChI is InChI=1S/C25H24N2O2S2/c1-17(2)30-21-11-7-10-19(14-21)24(28)27(16-18-8-5-4-6-9-18)25-26-22-13-12-20(29-3)15-23(22)31-25/h4-15,17H,16H2,1-3H3. The highest BCUT2D eigenvalue weighted by atomic mass is 32.2. The van der Waals surface area contributed by atoms with Gasteiger partial charge in [0.05, 0.1) is 23.9 Å². The van der Waals surface area contributed by atoms with Gasteiger partial charge in [-0.3, -0.25) is 9.69 Å². The molecule has 0 unspecified atom stereocenters. The summed E-state index contributed by atoms with van der Waals surface area (Å²) in [6, 6.07) is 23.6. The predicted octanol–water partition coefficient (Wildman–Crippen LogP) is 6.65. The third-order valence-electron chi connectivity index (χ3n) is 4.70. The van der Waals surface area contributed by atoms with Crippen molar-refractivity contribution in [2.45, 2.75) is 30.5 Å². The SMILES string of the molecule is COc1ccc2nc(N(Cc3ccccc3)C(=O)c3cccc(SC(C)C)c3)sc2c1. The van der Waals surface area contributed by atoms with E-state index in [1.165, 1.54) is 11.3 Å². The Morgan fingerprint density at radius 1 is 1.06 bits per heavy atom. The van der Waals surface area contributed by atoms with Gasteiger partial charge in [-0.25, -0.2) is 4.98 Å². The number of aromatic nitrogens is 1. The zero-order valence-electron chi connectivity index (χ0n) is 17.7. The van der Waals surface area contributed by atoms with Gasteiger partial charge in [0.1, 0.15) is 5.75 Å². The minimum absolute atomic E-state index is 0.0546. The van der Waals surface area contributed by atoms with Crippen LogP contribution >= 0.6 is 23.1 Å². The molecular weight excluding hydrogens is 424 g/mol. The molecule has 1 amide bonds. The van der Waals surface area contributed by atoms with E-state index in [1.807, 2.05) is 72.8 Å². The quantitative estimate of drug-likeness (QED) is 0.297. The average Bonchev–Trinajstić information content (AvgIpc) is 3.20. The van der Waals surface area contributed by atoms with Crippen LogP contribution in [0, 0.1) is 0 Å². The molecule has 0 saturated heterocycles. The molecule has 0 aliphatic carbocycles. The lowest BCUT2D eigenvalue weighted by atomic mass is 10.1. The van der Waals surface area contributed by atoms with Crippen LogP contribution in [-0.2, 0) is 6.54 Å². The van der Waals surface area contributed by atoms with Crippen molar-refractivity contribution in [3.05, 3.63) is 83.9 Å². The first-order chi connectivity index (χ1) is 15.0. The topological polar surface area (TPSA) is 42.4 Å². The summed E-state index contributed by atoms with van der Waals surface area (Å²) in [4.78, 5) is 21.3. The highest BCUT2D eigenvalue weighted by Crippen LogP contribution is 2.33. The molecule has 158 valence electrons. The molecule has 1 heterocycles. The molecule has 6 heteroatoms. The molecule has 0 spiro atoms. The lowest BCUT2D eigenvalue weighted by molar-refractivity contribution is 0.0985. The Labute approximate surface area is 190 Å². The first-order valence-corrected chi connectivity index (χ1v) is 11.8. The normalized spacial score (nSPS) is 11.1. The minimum atomic E-state index is -0.0546. The molecule has 0 fully saturated rings. The highest BCUT2D eigenvalue weighted by Gasteiger charge is 2.22. The zero-order valence-corrected chi connectivity index (χ0v) is 19.4. The van der Waals surface area contributed by atoms with E-state index < -0.39 is 0 Å². The number of amides is 1. The van der Waals surface area contributed by atoms with Gasteiger partial charge in [-0.15, -0.1) is 11.8 Å². The van der Waals surface area contributed by atoms with Crippen LogP contribution in [0.3, 0.4) is 0 Å². The second kappa shape index (κ2) is 9.54. The number of ether oxygens (including phenoxy) is 1. The second-order valence-corrected chi connectivity index (χ2v) is 10.1. The van der Waals surface area contributed by atoms with Gasteiger partial charge in [0.25, 0.3) is 5.91 Å². The number of anilines is 1. The Morgan fingerprint density at radius 3 is 2.61 bits per heavy atom. The van der Waals surface area contributed by atoms with Gasteiger partial charge in [0, 0.05) is 15.7 Å². The molecular formula is C25H24N2O2S2. The number of hydrogen-bond acceptors (Lipinski definition) is 5. The van der Waals surface area contributed by atoms with Gasteiger partial charge in [-0.1, -0.05) is 61.6 Å². The summed E-state index contributed by atoms with van der Waals surface area (Å²) in [5, 5.41) is 1.13. The zero-order chi connectivity index (χ0) is 21.8. The number of nitrogens with zero attached hydrogens (tertiary/aromatic N) is 2. The highest BCUT2D eigenvalue weighted by molar-refractivity contribution is 7.99. The molecule has 0 atom stereocenters. The fraction of sp³-hybridized carbons (Fsp3) is 0.200. The summed E-state index contributed by atoms with van der Waals surface area (Å²) in [6.07, 6.45) is 0. The molecule has 0 aliphatic rings. The van der Waals surface area contributed by atoms with E-state index in [0.717, 1.165) is 26.4 Å². The molecule has 3 aromatic carbocycles. The Balaban J connectivity index is 1.73. The van der Waals surface area contributed by atoms with E-state index >= 15 is 0 Å². The molecule has 31 heavy (non-hydrogen) atoms.